The minimum Gasteiger partial charge on any atom is -0.457 e. The molecule has 7 nitrogen and oxygen atoms in total. The molecule has 5 rings (SSSR count). The molecular weight excluding hydrogens is 454 g/mol. The number of rotatable bonds is 7. The van der Waals surface area contributed by atoms with E-state index in [0.717, 1.165) is 27.1 Å². The van der Waals surface area contributed by atoms with Crippen LogP contribution in [0.4, 0.5) is 10.8 Å². The number of aryl methyl sites for hydroxylation is 1. The summed E-state index contributed by atoms with van der Waals surface area (Å²) in [6.07, 6.45) is 1.80. The van der Waals surface area contributed by atoms with Crippen LogP contribution in [0.25, 0.3) is 5.65 Å². The van der Waals surface area contributed by atoms with Crippen molar-refractivity contribution in [2.24, 2.45) is 0 Å². The number of thioether (sulfide) groups is 1. The quantitative estimate of drug-likeness (QED) is 0.304. The van der Waals surface area contributed by atoms with Crippen LogP contribution in [0.2, 0.25) is 0 Å². The number of anilines is 2. The SMILES string of the molecule is Cc1ccc2nc(CSc3nnc(Nc4ccc(Oc5ccccc5)cc4)s3)cc(=O)n2c1. The summed E-state index contributed by atoms with van der Waals surface area (Å²) in [6, 6.07) is 22.7. The number of pyridine rings is 1. The molecule has 2 aromatic carbocycles. The number of aromatic nitrogens is 4. The highest BCUT2D eigenvalue weighted by Crippen LogP contribution is 2.30. The van der Waals surface area contributed by atoms with Crippen LogP contribution >= 0.6 is 23.1 Å². The van der Waals surface area contributed by atoms with Gasteiger partial charge in [-0.1, -0.05) is 47.4 Å². The van der Waals surface area contributed by atoms with E-state index in [4.69, 9.17) is 4.74 Å². The van der Waals surface area contributed by atoms with E-state index in [-0.39, 0.29) is 5.56 Å². The lowest BCUT2D eigenvalue weighted by atomic mass is 10.3. The summed E-state index contributed by atoms with van der Waals surface area (Å²) < 4.78 is 8.18. The van der Waals surface area contributed by atoms with Gasteiger partial charge in [-0.2, -0.15) is 0 Å². The molecule has 0 radical (unpaired) electrons. The summed E-state index contributed by atoms with van der Waals surface area (Å²) in [5.74, 6) is 2.09. The lowest BCUT2D eigenvalue weighted by molar-refractivity contribution is 0.483. The number of ether oxygens (including phenoxy) is 1. The van der Waals surface area contributed by atoms with E-state index in [1.165, 1.54) is 23.1 Å². The van der Waals surface area contributed by atoms with E-state index in [9.17, 15) is 4.79 Å². The van der Waals surface area contributed by atoms with Gasteiger partial charge in [0.05, 0.1) is 5.69 Å². The largest absolute Gasteiger partial charge is 0.457 e. The first-order valence-electron chi connectivity index (χ1n) is 10.2. The monoisotopic (exact) mass is 473 g/mol. The summed E-state index contributed by atoms with van der Waals surface area (Å²) in [4.78, 5) is 16.9. The highest BCUT2D eigenvalue weighted by molar-refractivity contribution is 8.00. The van der Waals surface area contributed by atoms with E-state index in [0.29, 0.717) is 22.2 Å². The number of hydrogen-bond acceptors (Lipinski definition) is 8. The van der Waals surface area contributed by atoms with E-state index in [1.54, 1.807) is 16.7 Å². The first kappa shape index (κ1) is 21.2. The minimum atomic E-state index is -0.0846. The maximum absolute atomic E-state index is 12.4. The Labute approximate surface area is 198 Å². The van der Waals surface area contributed by atoms with Crippen LogP contribution in [0.15, 0.2) is 88.1 Å². The van der Waals surface area contributed by atoms with Crippen molar-refractivity contribution in [3.05, 3.63) is 101 Å². The van der Waals surface area contributed by atoms with E-state index in [2.05, 4.69) is 20.5 Å². The third kappa shape index (κ3) is 5.21. The molecule has 3 aromatic heterocycles. The molecule has 5 aromatic rings. The molecule has 3 heterocycles. The third-order valence-electron chi connectivity index (χ3n) is 4.70. The highest BCUT2D eigenvalue weighted by Gasteiger charge is 2.08. The zero-order valence-electron chi connectivity index (χ0n) is 17.6. The molecule has 164 valence electrons. The zero-order valence-corrected chi connectivity index (χ0v) is 19.3. The second-order valence-electron chi connectivity index (χ2n) is 7.25. The van der Waals surface area contributed by atoms with Gasteiger partial charge in [0, 0.05) is 23.7 Å². The maximum Gasteiger partial charge on any atom is 0.258 e. The normalized spacial score (nSPS) is 10.9. The van der Waals surface area contributed by atoms with Gasteiger partial charge in [-0.15, -0.1) is 10.2 Å². The minimum absolute atomic E-state index is 0.0846. The summed E-state index contributed by atoms with van der Waals surface area (Å²) in [5, 5.41) is 12.4. The van der Waals surface area contributed by atoms with Crippen molar-refractivity contribution >= 4 is 39.6 Å². The second-order valence-corrected chi connectivity index (χ2v) is 9.45. The van der Waals surface area contributed by atoms with Crippen LogP contribution in [0.5, 0.6) is 11.5 Å². The molecule has 0 fully saturated rings. The second kappa shape index (κ2) is 9.43. The fourth-order valence-electron chi connectivity index (χ4n) is 3.14. The lowest BCUT2D eigenvalue weighted by Gasteiger charge is -2.06. The smallest absolute Gasteiger partial charge is 0.258 e. The Morgan fingerprint density at radius 1 is 1.00 bits per heavy atom. The molecule has 0 saturated heterocycles. The molecule has 0 saturated carbocycles. The van der Waals surface area contributed by atoms with Crippen LogP contribution in [0.3, 0.4) is 0 Å². The molecule has 0 spiro atoms. The summed E-state index contributed by atoms with van der Waals surface area (Å²) in [6.45, 7) is 1.95. The van der Waals surface area contributed by atoms with Crippen molar-refractivity contribution in [1.82, 2.24) is 19.6 Å². The van der Waals surface area contributed by atoms with Crippen LogP contribution < -0.4 is 15.6 Å². The number of benzene rings is 2. The number of fused-ring (bicyclic) bond motifs is 1. The molecule has 9 heteroatoms. The number of nitrogens with zero attached hydrogens (tertiary/aromatic N) is 4. The Bertz CT molecular complexity index is 1450. The molecule has 0 amide bonds. The summed E-state index contributed by atoms with van der Waals surface area (Å²) in [7, 11) is 0. The van der Waals surface area contributed by atoms with Gasteiger partial charge < -0.3 is 10.1 Å². The van der Waals surface area contributed by atoms with Gasteiger partial charge in [-0.3, -0.25) is 9.20 Å². The van der Waals surface area contributed by atoms with Gasteiger partial charge >= 0.3 is 0 Å². The Hall–Kier alpha value is -3.69. The Morgan fingerprint density at radius 2 is 1.79 bits per heavy atom. The standard InChI is InChI=1S/C24H19N5O2S2/c1-16-7-12-21-25-18(13-22(30)29(21)14-16)15-32-24-28-27-23(33-24)26-17-8-10-20(11-9-17)31-19-5-3-2-4-6-19/h2-14H,15H2,1H3,(H,26,27). The average Bonchev–Trinajstić information content (AvgIpc) is 3.27. The zero-order chi connectivity index (χ0) is 22.6. The summed E-state index contributed by atoms with van der Waals surface area (Å²) >= 11 is 2.95. The van der Waals surface area contributed by atoms with Crippen molar-refractivity contribution in [3.8, 4) is 11.5 Å². The first-order chi connectivity index (χ1) is 16.1. The maximum atomic E-state index is 12.4. The Morgan fingerprint density at radius 3 is 2.61 bits per heavy atom. The van der Waals surface area contributed by atoms with Crippen molar-refractivity contribution in [1.29, 1.82) is 0 Å². The molecule has 0 aliphatic heterocycles. The van der Waals surface area contributed by atoms with Gasteiger partial charge in [0.15, 0.2) is 4.34 Å². The van der Waals surface area contributed by atoms with Gasteiger partial charge in [0.25, 0.3) is 5.56 Å². The van der Waals surface area contributed by atoms with Gasteiger partial charge in [0.2, 0.25) is 5.13 Å². The number of hydrogen-bond donors (Lipinski definition) is 1. The van der Waals surface area contributed by atoms with Crippen molar-refractivity contribution in [2.75, 3.05) is 5.32 Å². The van der Waals surface area contributed by atoms with Crippen molar-refractivity contribution < 1.29 is 4.74 Å². The molecular formula is C24H19N5O2S2. The average molecular weight is 474 g/mol. The van der Waals surface area contributed by atoms with Gasteiger partial charge in [0.1, 0.15) is 17.1 Å². The Kier molecular flexibility index (Phi) is 6.05. The third-order valence-corrected chi connectivity index (χ3v) is 6.70. The topological polar surface area (TPSA) is 81.4 Å². The van der Waals surface area contributed by atoms with Crippen LogP contribution in [0.1, 0.15) is 11.3 Å². The fraction of sp³-hybridized carbons (Fsp3) is 0.0833. The molecule has 0 atom stereocenters. The molecule has 0 aliphatic rings. The molecule has 33 heavy (non-hydrogen) atoms. The van der Waals surface area contributed by atoms with Crippen LogP contribution in [0, 0.1) is 6.92 Å². The van der Waals surface area contributed by atoms with Gasteiger partial charge in [-0.05, 0) is 55.0 Å². The van der Waals surface area contributed by atoms with E-state index < -0.39 is 0 Å². The van der Waals surface area contributed by atoms with Crippen LogP contribution in [-0.2, 0) is 5.75 Å². The van der Waals surface area contributed by atoms with Gasteiger partial charge in [-0.25, -0.2) is 4.98 Å². The number of nitrogens with one attached hydrogen (secondary N) is 1. The van der Waals surface area contributed by atoms with Crippen molar-refractivity contribution in [3.63, 3.8) is 0 Å². The first-order valence-corrected chi connectivity index (χ1v) is 12.0. The number of para-hydroxylation sites is 1. The highest BCUT2D eigenvalue weighted by atomic mass is 32.2. The van der Waals surface area contributed by atoms with E-state index >= 15 is 0 Å². The predicted octanol–water partition coefficient (Wildman–Crippen LogP) is 5.68. The Balaban J connectivity index is 1.20. The molecule has 0 bridgehead atoms. The van der Waals surface area contributed by atoms with Crippen molar-refractivity contribution in [2.45, 2.75) is 17.0 Å². The molecule has 0 unspecified atom stereocenters. The van der Waals surface area contributed by atoms with Crippen LogP contribution in [-0.4, -0.2) is 19.6 Å². The molecule has 1 N–H and O–H groups in total. The fourth-order valence-corrected chi connectivity index (χ4v) is 4.81. The van der Waals surface area contributed by atoms with E-state index in [1.807, 2.05) is 73.7 Å². The predicted molar refractivity (Wildman–Crippen MR) is 132 cm³/mol. The molecule has 0 aliphatic carbocycles. The summed E-state index contributed by atoms with van der Waals surface area (Å²) in [5.41, 5.74) is 3.18. The lowest BCUT2D eigenvalue weighted by Crippen LogP contribution is -2.15.